The fourth-order valence-corrected chi connectivity index (χ4v) is 2.16. The second kappa shape index (κ2) is 8.15. The SMILES string of the molecule is CNc1c(C)cnc(OC)c1C.CNc1ccccc1C. The van der Waals surface area contributed by atoms with Crippen LogP contribution in [-0.4, -0.2) is 26.2 Å². The average Bonchev–Trinajstić information content (AvgIpc) is 2.49. The topological polar surface area (TPSA) is 46.2 Å². The highest BCUT2D eigenvalue weighted by Crippen LogP contribution is 2.25. The first kappa shape index (κ1) is 16.8. The summed E-state index contributed by atoms with van der Waals surface area (Å²) in [6.07, 6.45) is 1.80. The number of anilines is 2. The van der Waals surface area contributed by atoms with Crippen LogP contribution in [0.5, 0.6) is 5.88 Å². The lowest BCUT2D eigenvalue weighted by Gasteiger charge is -2.11. The lowest BCUT2D eigenvalue weighted by Crippen LogP contribution is -1.99. The van der Waals surface area contributed by atoms with E-state index in [-0.39, 0.29) is 0 Å². The van der Waals surface area contributed by atoms with Crippen LogP contribution in [0.3, 0.4) is 0 Å². The molecule has 0 atom stereocenters. The molecule has 0 saturated heterocycles. The van der Waals surface area contributed by atoms with Gasteiger partial charge in [0.05, 0.1) is 7.11 Å². The average molecular weight is 287 g/mol. The normalized spacial score (nSPS) is 9.43. The van der Waals surface area contributed by atoms with Crippen LogP contribution in [0.25, 0.3) is 0 Å². The minimum atomic E-state index is 0.685. The molecule has 1 aromatic heterocycles. The molecule has 0 radical (unpaired) electrons. The van der Waals surface area contributed by atoms with E-state index >= 15 is 0 Å². The number of para-hydroxylation sites is 1. The summed E-state index contributed by atoms with van der Waals surface area (Å²) in [5.41, 5.74) is 5.79. The van der Waals surface area contributed by atoms with Crippen LogP contribution < -0.4 is 15.4 Å². The third-order valence-corrected chi connectivity index (χ3v) is 3.32. The van der Waals surface area contributed by atoms with Crippen molar-refractivity contribution in [2.45, 2.75) is 20.8 Å². The van der Waals surface area contributed by atoms with Crippen molar-refractivity contribution in [1.29, 1.82) is 0 Å². The number of pyridine rings is 1. The van der Waals surface area contributed by atoms with Crippen molar-refractivity contribution in [2.75, 3.05) is 31.8 Å². The Labute approximate surface area is 127 Å². The molecule has 2 N–H and O–H groups in total. The van der Waals surface area contributed by atoms with Crippen LogP contribution in [0.15, 0.2) is 30.5 Å². The summed E-state index contributed by atoms with van der Waals surface area (Å²) in [5.74, 6) is 0.685. The summed E-state index contributed by atoms with van der Waals surface area (Å²) in [6.45, 7) is 6.10. The first-order valence-electron chi connectivity index (χ1n) is 6.96. The molecule has 2 aromatic rings. The number of nitrogens with one attached hydrogen (secondary N) is 2. The predicted molar refractivity (Wildman–Crippen MR) is 90.5 cm³/mol. The lowest BCUT2D eigenvalue weighted by atomic mass is 10.2. The number of ether oxygens (including phenoxy) is 1. The number of rotatable bonds is 3. The Morgan fingerprint density at radius 1 is 0.952 bits per heavy atom. The molecular weight excluding hydrogens is 262 g/mol. The number of hydrogen-bond donors (Lipinski definition) is 2. The van der Waals surface area contributed by atoms with Gasteiger partial charge in [0.1, 0.15) is 0 Å². The summed E-state index contributed by atoms with van der Waals surface area (Å²) in [6, 6.07) is 8.22. The van der Waals surface area contributed by atoms with Crippen LogP contribution in [0, 0.1) is 20.8 Å². The Kier molecular flexibility index (Phi) is 6.53. The molecule has 0 aliphatic carbocycles. The molecule has 0 aliphatic heterocycles. The molecule has 0 spiro atoms. The maximum Gasteiger partial charge on any atom is 0.218 e. The van der Waals surface area contributed by atoms with Crippen molar-refractivity contribution < 1.29 is 4.74 Å². The van der Waals surface area contributed by atoms with E-state index in [0.717, 1.165) is 16.8 Å². The number of aromatic nitrogens is 1. The molecule has 0 unspecified atom stereocenters. The molecule has 0 fully saturated rings. The van der Waals surface area contributed by atoms with Gasteiger partial charge in [0.2, 0.25) is 5.88 Å². The number of aryl methyl sites for hydroxylation is 2. The molecule has 0 bridgehead atoms. The van der Waals surface area contributed by atoms with E-state index in [2.05, 4.69) is 34.7 Å². The van der Waals surface area contributed by atoms with Crippen LogP contribution in [0.2, 0.25) is 0 Å². The maximum absolute atomic E-state index is 5.09. The number of hydrogen-bond acceptors (Lipinski definition) is 4. The zero-order valence-corrected chi connectivity index (χ0v) is 13.7. The highest BCUT2D eigenvalue weighted by molar-refractivity contribution is 5.58. The Balaban J connectivity index is 0.000000219. The van der Waals surface area contributed by atoms with E-state index in [1.54, 1.807) is 13.3 Å². The number of nitrogens with zero attached hydrogens (tertiary/aromatic N) is 1. The van der Waals surface area contributed by atoms with E-state index in [1.165, 1.54) is 11.3 Å². The minimum Gasteiger partial charge on any atom is -0.481 e. The van der Waals surface area contributed by atoms with Gasteiger partial charge in [0.15, 0.2) is 0 Å². The first-order valence-corrected chi connectivity index (χ1v) is 6.96. The van der Waals surface area contributed by atoms with E-state index in [1.807, 2.05) is 40.1 Å². The van der Waals surface area contributed by atoms with Gasteiger partial charge in [-0.1, -0.05) is 18.2 Å². The van der Waals surface area contributed by atoms with Crippen molar-refractivity contribution >= 4 is 11.4 Å². The number of benzene rings is 1. The molecule has 0 amide bonds. The van der Waals surface area contributed by atoms with Crippen molar-refractivity contribution in [2.24, 2.45) is 0 Å². The first-order chi connectivity index (χ1) is 10.0. The fourth-order valence-electron chi connectivity index (χ4n) is 2.16. The monoisotopic (exact) mass is 287 g/mol. The van der Waals surface area contributed by atoms with Crippen molar-refractivity contribution in [1.82, 2.24) is 4.98 Å². The predicted octanol–water partition coefficient (Wildman–Crippen LogP) is 3.79. The largest absolute Gasteiger partial charge is 0.481 e. The molecule has 2 rings (SSSR count). The van der Waals surface area contributed by atoms with Gasteiger partial charge in [-0.2, -0.15) is 0 Å². The van der Waals surface area contributed by atoms with Gasteiger partial charge in [0.25, 0.3) is 0 Å². The maximum atomic E-state index is 5.09. The van der Waals surface area contributed by atoms with Crippen LogP contribution in [-0.2, 0) is 0 Å². The summed E-state index contributed by atoms with van der Waals surface area (Å²) in [4.78, 5) is 4.14. The summed E-state index contributed by atoms with van der Waals surface area (Å²) >= 11 is 0. The highest BCUT2D eigenvalue weighted by atomic mass is 16.5. The quantitative estimate of drug-likeness (QED) is 0.901. The Bertz CT molecular complexity index is 582. The van der Waals surface area contributed by atoms with E-state index in [9.17, 15) is 0 Å². The fraction of sp³-hybridized carbons (Fsp3) is 0.353. The molecule has 0 aliphatic rings. The van der Waals surface area contributed by atoms with Gasteiger partial charge in [-0.25, -0.2) is 4.98 Å². The Morgan fingerprint density at radius 3 is 2.10 bits per heavy atom. The molecule has 4 heteroatoms. The van der Waals surface area contributed by atoms with Gasteiger partial charge in [-0.05, 0) is 38.0 Å². The van der Waals surface area contributed by atoms with Gasteiger partial charge >= 0.3 is 0 Å². The Hall–Kier alpha value is -2.23. The molecule has 114 valence electrons. The third-order valence-electron chi connectivity index (χ3n) is 3.32. The molecule has 0 saturated carbocycles. The molecule has 21 heavy (non-hydrogen) atoms. The summed E-state index contributed by atoms with van der Waals surface area (Å²) < 4.78 is 5.09. The van der Waals surface area contributed by atoms with Crippen molar-refractivity contribution in [3.8, 4) is 5.88 Å². The molecule has 1 heterocycles. The van der Waals surface area contributed by atoms with Crippen LogP contribution in [0.1, 0.15) is 16.7 Å². The standard InChI is InChI=1S/C9H14N2O.C8H11N/c1-6-5-11-9(12-4)7(2)8(6)10-3;1-7-5-3-4-6-8(7)9-2/h5H,1-4H3,(H,10,11);3-6,9H,1-2H3. The van der Waals surface area contributed by atoms with Crippen LogP contribution >= 0.6 is 0 Å². The van der Waals surface area contributed by atoms with Gasteiger partial charge in [0, 0.05) is 37.2 Å². The summed E-state index contributed by atoms with van der Waals surface area (Å²) in [5, 5.41) is 6.21. The second-order valence-corrected chi connectivity index (χ2v) is 4.77. The smallest absolute Gasteiger partial charge is 0.218 e. The summed E-state index contributed by atoms with van der Waals surface area (Å²) in [7, 11) is 5.46. The second-order valence-electron chi connectivity index (χ2n) is 4.77. The Morgan fingerprint density at radius 2 is 1.62 bits per heavy atom. The minimum absolute atomic E-state index is 0.685. The van der Waals surface area contributed by atoms with Gasteiger partial charge < -0.3 is 15.4 Å². The van der Waals surface area contributed by atoms with Crippen molar-refractivity contribution in [3.63, 3.8) is 0 Å². The van der Waals surface area contributed by atoms with Gasteiger partial charge in [-0.15, -0.1) is 0 Å². The molecule has 4 nitrogen and oxygen atoms in total. The van der Waals surface area contributed by atoms with E-state index < -0.39 is 0 Å². The molecule has 1 aromatic carbocycles. The van der Waals surface area contributed by atoms with Crippen LogP contribution in [0.4, 0.5) is 11.4 Å². The molecular formula is C17H25N3O. The lowest BCUT2D eigenvalue weighted by molar-refractivity contribution is 0.394. The third kappa shape index (κ3) is 4.38. The zero-order valence-electron chi connectivity index (χ0n) is 13.7. The van der Waals surface area contributed by atoms with Crippen molar-refractivity contribution in [3.05, 3.63) is 47.2 Å². The van der Waals surface area contributed by atoms with E-state index in [4.69, 9.17) is 4.74 Å². The zero-order chi connectivity index (χ0) is 15.8. The highest BCUT2D eigenvalue weighted by Gasteiger charge is 2.06. The number of methoxy groups -OCH3 is 1. The van der Waals surface area contributed by atoms with Gasteiger partial charge in [-0.3, -0.25) is 0 Å². The van der Waals surface area contributed by atoms with E-state index in [0.29, 0.717) is 5.88 Å².